The van der Waals surface area contributed by atoms with Crippen molar-refractivity contribution in [3.8, 4) is 0 Å². The van der Waals surface area contributed by atoms with E-state index in [1.807, 2.05) is 13.8 Å². The van der Waals surface area contributed by atoms with Gasteiger partial charge in [-0.25, -0.2) is 14.6 Å². The molecule has 1 saturated heterocycles. The molecule has 3 aliphatic rings. The number of amides is 2. The number of hydrogen-bond acceptors (Lipinski definition) is 6. The number of carboxylic acid groups (broad SMARTS) is 1. The Labute approximate surface area is 221 Å². The van der Waals surface area contributed by atoms with Crippen LogP contribution in [-0.4, -0.2) is 89.4 Å². The Morgan fingerprint density at radius 3 is 2.76 bits per heavy atom. The molecular weight excluding hydrogens is 470 g/mol. The summed E-state index contributed by atoms with van der Waals surface area (Å²) in [7, 11) is 0. The number of ether oxygens (including phenoxy) is 1. The summed E-state index contributed by atoms with van der Waals surface area (Å²) in [5.74, 6) is 0.790. The molecular formula is C28H45N5O4. The molecule has 3 N–H and O–H groups in total. The molecule has 0 bridgehead atoms. The topological polar surface area (TPSA) is 107 Å². The van der Waals surface area contributed by atoms with Crippen LogP contribution in [0.3, 0.4) is 0 Å². The summed E-state index contributed by atoms with van der Waals surface area (Å²) in [6, 6.07) is 3.50. The van der Waals surface area contributed by atoms with Crippen molar-refractivity contribution >= 4 is 17.8 Å². The largest absolute Gasteiger partial charge is 0.480 e. The molecule has 206 valence electrons. The number of pyridine rings is 1. The quantitative estimate of drug-likeness (QED) is 0.307. The van der Waals surface area contributed by atoms with Crippen LogP contribution in [0.25, 0.3) is 0 Å². The van der Waals surface area contributed by atoms with Crippen LogP contribution >= 0.6 is 0 Å². The molecule has 2 amide bonds. The Hall–Kier alpha value is -2.39. The number of unbranched alkanes of at least 4 members (excludes halogenated alkanes) is 1. The Bertz CT molecular complexity index is 901. The van der Waals surface area contributed by atoms with E-state index in [1.54, 1.807) is 4.90 Å². The highest BCUT2D eigenvalue weighted by Gasteiger charge is 2.37. The summed E-state index contributed by atoms with van der Waals surface area (Å²) in [5.41, 5.74) is 2.43. The van der Waals surface area contributed by atoms with Gasteiger partial charge in [-0.3, -0.25) is 0 Å². The summed E-state index contributed by atoms with van der Waals surface area (Å²) in [6.45, 7) is 8.72. The van der Waals surface area contributed by atoms with Gasteiger partial charge in [-0.1, -0.05) is 6.07 Å². The van der Waals surface area contributed by atoms with Gasteiger partial charge in [0, 0.05) is 44.0 Å². The van der Waals surface area contributed by atoms with Crippen molar-refractivity contribution < 1.29 is 19.4 Å². The van der Waals surface area contributed by atoms with Crippen molar-refractivity contribution in [2.45, 2.75) is 89.8 Å². The number of anilines is 1. The predicted octanol–water partition coefficient (Wildman–Crippen LogP) is 3.53. The average molecular weight is 516 g/mol. The fourth-order valence-electron chi connectivity index (χ4n) is 5.42. The number of fused-ring (bicyclic) bond motifs is 1. The molecule has 4 rings (SSSR count). The van der Waals surface area contributed by atoms with Crippen LogP contribution in [-0.2, 0) is 22.4 Å². The normalized spacial score (nSPS) is 21.6. The molecule has 1 saturated carbocycles. The number of carbonyl (C=O) groups excluding carboxylic acids is 1. The van der Waals surface area contributed by atoms with E-state index < -0.39 is 12.0 Å². The summed E-state index contributed by atoms with van der Waals surface area (Å²) in [5, 5.41) is 15.9. The van der Waals surface area contributed by atoms with Crippen molar-refractivity contribution in [3.63, 3.8) is 0 Å². The maximum absolute atomic E-state index is 12.6. The van der Waals surface area contributed by atoms with Gasteiger partial charge in [0.15, 0.2) is 0 Å². The molecule has 0 spiro atoms. The zero-order valence-electron chi connectivity index (χ0n) is 22.6. The predicted molar refractivity (Wildman–Crippen MR) is 144 cm³/mol. The minimum atomic E-state index is -0.980. The van der Waals surface area contributed by atoms with Gasteiger partial charge in [-0.05, 0) is 95.7 Å². The number of carboxylic acids is 1. The number of hydrogen-bond donors (Lipinski definition) is 3. The van der Waals surface area contributed by atoms with Gasteiger partial charge in [0.2, 0.25) is 0 Å². The zero-order valence-corrected chi connectivity index (χ0v) is 22.6. The summed E-state index contributed by atoms with van der Waals surface area (Å²) in [6.07, 6.45) is 9.08. The molecule has 2 fully saturated rings. The van der Waals surface area contributed by atoms with E-state index in [2.05, 4.69) is 27.7 Å². The monoisotopic (exact) mass is 515 g/mol. The summed E-state index contributed by atoms with van der Waals surface area (Å²) >= 11 is 0. The Morgan fingerprint density at radius 2 is 2.03 bits per heavy atom. The third kappa shape index (κ3) is 8.30. The molecule has 3 heterocycles. The highest BCUT2D eigenvalue weighted by molar-refractivity contribution is 5.83. The smallest absolute Gasteiger partial charge is 0.326 e. The van der Waals surface area contributed by atoms with Crippen molar-refractivity contribution in [2.24, 2.45) is 5.92 Å². The van der Waals surface area contributed by atoms with E-state index in [1.165, 1.54) is 18.4 Å². The van der Waals surface area contributed by atoms with Gasteiger partial charge in [0.25, 0.3) is 0 Å². The molecule has 1 aromatic rings. The van der Waals surface area contributed by atoms with Gasteiger partial charge >= 0.3 is 12.0 Å². The fourth-order valence-corrected chi connectivity index (χ4v) is 5.42. The molecule has 3 atom stereocenters. The Balaban J connectivity index is 1.23. The van der Waals surface area contributed by atoms with Gasteiger partial charge < -0.3 is 30.3 Å². The van der Waals surface area contributed by atoms with Crippen molar-refractivity contribution in [3.05, 3.63) is 23.4 Å². The number of carbonyl (C=O) groups is 2. The van der Waals surface area contributed by atoms with Crippen molar-refractivity contribution in [2.75, 3.05) is 44.7 Å². The van der Waals surface area contributed by atoms with Gasteiger partial charge in [-0.2, -0.15) is 0 Å². The molecule has 2 aliphatic heterocycles. The number of nitrogens with one attached hydrogen (secondary N) is 2. The van der Waals surface area contributed by atoms with Crippen molar-refractivity contribution in [1.82, 2.24) is 20.1 Å². The number of likely N-dealkylation sites (tertiary alicyclic amines) is 1. The molecule has 0 radical (unpaired) electrons. The number of urea groups is 1. The fraction of sp³-hybridized carbons (Fsp3) is 0.750. The summed E-state index contributed by atoms with van der Waals surface area (Å²) < 4.78 is 5.86. The number of nitrogens with zero attached hydrogens (tertiary/aromatic N) is 3. The minimum Gasteiger partial charge on any atom is -0.480 e. The molecule has 1 aromatic heterocycles. The van der Waals surface area contributed by atoms with E-state index in [-0.39, 0.29) is 18.1 Å². The van der Waals surface area contributed by atoms with Crippen LogP contribution in [0, 0.1) is 5.92 Å². The summed E-state index contributed by atoms with van der Waals surface area (Å²) in [4.78, 5) is 33.4. The van der Waals surface area contributed by atoms with Crippen LogP contribution in [0.15, 0.2) is 12.1 Å². The molecule has 9 nitrogen and oxygen atoms in total. The first-order valence-electron chi connectivity index (χ1n) is 14.2. The molecule has 0 unspecified atom stereocenters. The van der Waals surface area contributed by atoms with E-state index in [9.17, 15) is 14.7 Å². The lowest BCUT2D eigenvalue weighted by Crippen LogP contribution is -2.61. The lowest BCUT2D eigenvalue weighted by molar-refractivity contribution is -0.139. The zero-order chi connectivity index (χ0) is 26.2. The van der Waals surface area contributed by atoms with Crippen LogP contribution < -0.4 is 10.6 Å². The number of aryl methyl sites for hydroxylation is 2. The van der Waals surface area contributed by atoms with Gasteiger partial charge in [0.05, 0.1) is 6.61 Å². The average Bonchev–Trinajstić information content (AvgIpc) is 3.70. The van der Waals surface area contributed by atoms with E-state index in [0.29, 0.717) is 19.6 Å². The maximum Gasteiger partial charge on any atom is 0.326 e. The molecule has 0 aromatic carbocycles. The highest BCUT2D eigenvalue weighted by atomic mass is 16.5. The van der Waals surface area contributed by atoms with Gasteiger partial charge in [-0.15, -0.1) is 0 Å². The van der Waals surface area contributed by atoms with Crippen LogP contribution in [0.2, 0.25) is 0 Å². The molecule has 37 heavy (non-hydrogen) atoms. The second-order valence-corrected chi connectivity index (χ2v) is 11.1. The second kappa shape index (κ2) is 13.4. The Kier molecular flexibility index (Phi) is 10.0. The first kappa shape index (κ1) is 27.6. The van der Waals surface area contributed by atoms with Crippen LogP contribution in [0.4, 0.5) is 10.6 Å². The molecule has 1 aliphatic carbocycles. The third-order valence-corrected chi connectivity index (χ3v) is 7.91. The first-order valence-corrected chi connectivity index (χ1v) is 14.2. The minimum absolute atomic E-state index is 0.157. The Morgan fingerprint density at radius 1 is 1.22 bits per heavy atom. The van der Waals surface area contributed by atoms with Crippen LogP contribution in [0.5, 0.6) is 0 Å². The standard InChI is InChI=1S/C28H45N5O4/c1-20-18-21(2)33(20)28(36)31-25(27(34)35)12-15-32(16-17-37-19-22-8-9-22)14-4-3-7-24-11-10-23-6-5-13-29-26(23)30-24/h10-11,20-22,25H,3-9,12-19H2,1-2H3,(H,29,30)(H,31,36)(H,34,35)/t20-,21-,25+/m1/s1. The van der Waals surface area contributed by atoms with Crippen molar-refractivity contribution in [1.29, 1.82) is 0 Å². The van der Waals surface area contributed by atoms with Crippen LogP contribution in [0.1, 0.15) is 70.1 Å². The highest BCUT2D eigenvalue weighted by Crippen LogP contribution is 2.28. The number of aliphatic carboxylic acids is 1. The van der Waals surface area contributed by atoms with E-state index >= 15 is 0 Å². The molecule has 9 heteroatoms. The van der Waals surface area contributed by atoms with E-state index in [0.717, 1.165) is 82.2 Å². The lowest BCUT2D eigenvalue weighted by Gasteiger charge is -2.45. The maximum atomic E-state index is 12.6. The van der Waals surface area contributed by atoms with E-state index in [4.69, 9.17) is 9.72 Å². The first-order chi connectivity index (χ1) is 17.9. The SMILES string of the molecule is C[C@@H]1C[C@@H](C)N1C(=O)N[C@@H](CCN(CCCCc1ccc2c(n1)NCCC2)CCOCC1CC1)C(=O)O. The third-order valence-electron chi connectivity index (χ3n) is 7.91. The number of rotatable bonds is 15. The second-order valence-electron chi connectivity index (χ2n) is 11.1. The lowest BCUT2D eigenvalue weighted by atomic mass is 9.96. The van der Waals surface area contributed by atoms with Gasteiger partial charge in [0.1, 0.15) is 11.9 Å². The number of aromatic nitrogens is 1.